The summed E-state index contributed by atoms with van der Waals surface area (Å²) >= 11 is 0. The molecule has 0 aliphatic heterocycles. The van der Waals surface area contributed by atoms with E-state index in [1.165, 1.54) is 116 Å². The summed E-state index contributed by atoms with van der Waals surface area (Å²) < 4.78 is 0. The quantitative estimate of drug-likeness (QED) is 0.195. The van der Waals surface area contributed by atoms with E-state index in [9.17, 15) is 0 Å². The van der Waals surface area contributed by atoms with Crippen LogP contribution in [0, 0.1) is 12.5 Å². The second-order valence-corrected chi connectivity index (χ2v) is 7.86. The minimum absolute atomic E-state index is 0.849. The number of allylic oxidation sites excluding steroid dienone is 1. The maximum absolute atomic E-state index is 5.59. The Morgan fingerprint density at radius 1 is 0.542 bits per heavy atom. The van der Waals surface area contributed by atoms with Gasteiger partial charge in [-0.05, 0) is 12.3 Å². The number of unbranched alkanes of at least 4 members (excludes halogenated alkanes) is 14. The Balaban J connectivity index is 3.15. The molecule has 0 saturated carbocycles. The maximum atomic E-state index is 5.59. The Morgan fingerprint density at radius 3 is 1.33 bits per heavy atom. The molecule has 0 aromatic heterocycles. The van der Waals surface area contributed by atoms with Crippen LogP contribution >= 0.6 is 0 Å². The summed E-state index contributed by atoms with van der Waals surface area (Å²) in [4.78, 5) is 0. The van der Waals surface area contributed by atoms with Crippen molar-refractivity contribution >= 4 is 0 Å². The largest absolute Gasteiger partial charge is 0.0843 e. The highest BCUT2D eigenvalue weighted by Gasteiger charge is 2.05. The summed E-state index contributed by atoms with van der Waals surface area (Å²) in [6.45, 7) is 10.2. The van der Waals surface area contributed by atoms with E-state index in [1.54, 1.807) is 0 Å². The normalized spacial score (nSPS) is 12.4. The Labute approximate surface area is 154 Å². The van der Waals surface area contributed by atoms with Crippen molar-refractivity contribution in [2.45, 2.75) is 136 Å². The molecule has 1 radical (unpaired) electrons. The zero-order valence-electron chi connectivity index (χ0n) is 17.2. The Hall–Kier alpha value is -0.260. The van der Waals surface area contributed by atoms with Gasteiger partial charge in [0.1, 0.15) is 0 Å². The van der Waals surface area contributed by atoms with Crippen LogP contribution in [0.25, 0.3) is 0 Å². The summed E-state index contributed by atoms with van der Waals surface area (Å²) in [5, 5.41) is 0. The van der Waals surface area contributed by atoms with Gasteiger partial charge in [-0.1, -0.05) is 142 Å². The molecule has 0 heteroatoms. The molecular formula is C24H47. The zero-order valence-corrected chi connectivity index (χ0v) is 17.2. The van der Waals surface area contributed by atoms with Gasteiger partial charge in [-0.15, -0.1) is 0 Å². The molecule has 0 fully saturated rings. The molecule has 0 bridgehead atoms. The van der Waals surface area contributed by atoms with E-state index in [-0.39, 0.29) is 0 Å². The van der Waals surface area contributed by atoms with Crippen LogP contribution in [0.4, 0.5) is 0 Å². The molecule has 0 nitrogen and oxygen atoms in total. The van der Waals surface area contributed by atoms with Gasteiger partial charge in [-0.25, -0.2) is 0 Å². The molecule has 0 aromatic carbocycles. The van der Waals surface area contributed by atoms with Gasteiger partial charge in [0.2, 0.25) is 0 Å². The van der Waals surface area contributed by atoms with Gasteiger partial charge in [0.05, 0.1) is 0 Å². The highest BCUT2D eigenvalue weighted by atomic mass is 14.1. The molecule has 0 rings (SSSR count). The predicted octanol–water partition coefficient (Wildman–Crippen LogP) is 9.04. The molecule has 0 spiro atoms. The summed E-state index contributed by atoms with van der Waals surface area (Å²) in [6, 6.07) is 0. The molecule has 1 atom stereocenters. The molecule has 0 amide bonds. The lowest BCUT2D eigenvalue weighted by Gasteiger charge is -2.13. The van der Waals surface area contributed by atoms with Crippen LogP contribution in [0.1, 0.15) is 136 Å². The first kappa shape index (κ1) is 23.7. The molecule has 0 N–H and O–H groups in total. The van der Waals surface area contributed by atoms with Crippen LogP contribution in [0.2, 0.25) is 0 Å². The molecule has 0 aliphatic rings. The fourth-order valence-corrected chi connectivity index (χ4v) is 3.79. The van der Waals surface area contributed by atoms with Crippen LogP contribution in [0.5, 0.6) is 0 Å². The second-order valence-electron chi connectivity index (χ2n) is 7.86. The third-order valence-electron chi connectivity index (χ3n) is 5.38. The highest BCUT2D eigenvalue weighted by Crippen LogP contribution is 2.20. The standard InChI is InChI=1S/C24H47/c1-4-7-8-9-10-11-12-13-14-15-16-17-18-19-20-23-24(21-5-2)22-6-3/h2,5,24H,4,6-23H2,1,3H3. The average Bonchev–Trinajstić information content (AvgIpc) is 2.58. The summed E-state index contributed by atoms with van der Waals surface area (Å²) in [6.07, 6.45) is 28.8. The lowest BCUT2D eigenvalue weighted by molar-refractivity contribution is 0.422. The van der Waals surface area contributed by atoms with Gasteiger partial charge in [-0.2, -0.15) is 0 Å². The third-order valence-corrected chi connectivity index (χ3v) is 5.38. The van der Waals surface area contributed by atoms with Gasteiger partial charge in [0, 0.05) is 0 Å². The van der Waals surface area contributed by atoms with Crippen molar-refractivity contribution in [2.24, 2.45) is 5.92 Å². The second kappa shape index (κ2) is 20.8. The minimum Gasteiger partial charge on any atom is -0.0843 e. The maximum Gasteiger partial charge on any atom is -0.0319 e. The molecule has 0 saturated heterocycles. The smallest absolute Gasteiger partial charge is 0.0319 e. The summed E-state index contributed by atoms with van der Waals surface area (Å²) in [7, 11) is 0. The van der Waals surface area contributed by atoms with Gasteiger partial charge in [-0.3, -0.25) is 0 Å². The van der Waals surface area contributed by atoms with Gasteiger partial charge < -0.3 is 0 Å². The minimum atomic E-state index is 0.849. The van der Waals surface area contributed by atoms with Gasteiger partial charge >= 0.3 is 0 Å². The van der Waals surface area contributed by atoms with E-state index >= 15 is 0 Å². The van der Waals surface area contributed by atoms with E-state index in [2.05, 4.69) is 13.8 Å². The van der Waals surface area contributed by atoms with E-state index in [0.717, 1.165) is 12.3 Å². The Bertz CT molecular complexity index is 230. The highest BCUT2D eigenvalue weighted by molar-refractivity contribution is 4.70. The van der Waals surface area contributed by atoms with Crippen molar-refractivity contribution in [1.29, 1.82) is 0 Å². The van der Waals surface area contributed by atoms with Crippen molar-refractivity contribution in [3.8, 4) is 0 Å². The van der Waals surface area contributed by atoms with Crippen molar-refractivity contribution in [1.82, 2.24) is 0 Å². The van der Waals surface area contributed by atoms with E-state index in [4.69, 9.17) is 6.58 Å². The Kier molecular flexibility index (Phi) is 20.6. The van der Waals surface area contributed by atoms with Crippen LogP contribution in [-0.4, -0.2) is 0 Å². The fraction of sp³-hybridized carbons (Fsp3) is 0.917. The fourth-order valence-electron chi connectivity index (χ4n) is 3.79. The molecule has 0 aliphatic carbocycles. The molecule has 0 heterocycles. The molecule has 24 heavy (non-hydrogen) atoms. The van der Waals surface area contributed by atoms with Crippen LogP contribution < -0.4 is 0 Å². The molecule has 0 aromatic rings. The summed E-state index contributed by atoms with van der Waals surface area (Å²) in [5.41, 5.74) is 0. The van der Waals surface area contributed by atoms with Crippen LogP contribution in [-0.2, 0) is 0 Å². The first-order valence-electron chi connectivity index (χ1n) is 11.4. The van der Waals surface area contributed by atoms with Crippen LogP contribution in [0.15, 0.2) is 6.08 Å². The van der Waals surface area contributed by atoms with Crippen molar-refractivity contribution in [2.75, 3.05) is 0 Å². The first-order chi connectivity index (χ1) is 11.8. The molecular weight excluding hydrogens is 288 g/mol. The number of rotatable bonds is 20. The monoisotopic (exact) mass is 335 g/mol. The van der Waals surface area contributed by atoms with Crippen molar-refractivity contribution in [3.05, 3.63) is 12.7 Å². The van der Waals surface area contributed by atoms with E-state index in [1.807, 2.05) is 6.08 Å². The number of hydrogen-bond acceptors (Lipinski definition) is 0. The number of hydrogen-bond donors (Lipinski definition) is 0. The van der Waals surface area contributed by atoms with Gasteiger partial charge in [0.25, 0.3) is 0 Å². The average molecular weight is 336 g/mol. The van der Waals surface area contributed by atoms with Crippen LogP contribution in [0.3, 0.4) is 0 Å². The lowest BCUT2D eigenvalue weighted by atomic mass is 9.93. The van der Waals surface area contributed by atoms with Crippen molar-refractivity contribution < 1.29 is 0 Å². The summed E-state index contributed by atoms with van der Waals surface area (Å²) in [5.74, 6) is 0.849. The molecule has 1 unspecified atom stereocenters. The lowest BCUT2D eigenvalue weighted by Crippen LogP contribution is -1.98. The zero-order chi connectivity index (χ0) is 17.7. The van der Waals surface area contributed by atoms with E-state index in [0.29, 0.717) is 0 Å². The van der Waals surface area contributed by atoms with Gasteiger partial charge in [0.15, 0.2) is 0 Å². The molecule has 143 valence electrons. The third kappa shape index (κ3) is 18.1. The topological polar surface area (TPSA) is 0 Å². The first-order valence-corrected chi connectivity index (χ1v) is 11.4. The Morgan fingerprint density at radius 2 is 0.958 bits per heavy atom. The SMILES string of the molecule is [CH]=CCC(CCC)CCCCCCCCCCCCCCCCC. The van der Waals surface area contributed by atoms with E-state index < -0.39 is 0 Å². The van der Waals surface area contributed by atoms with Crippen molar-refractivity contribution in [3.63, 3.8) is 0 Å². The predicted molar refractivity (Wildman–Crippen MR) is 111 cm³/mol.